The molecule has 2 aromatic heterocycles. The second-order valence-electron chi connectivity index (χ2n) is 2.40. The molecule has 2 rings (SSSR count). The molecular weight excluding hydrogens is 200 g/mol. The molecule has 4 nitrogen and oxygen atoms in total. The first kappa shape index (κ1) is 8.83. The lowest BCUT2D eigenvalue weighted by molar-refractivity contribution is 0.0724. The SMILES string of the molecule is O=C(Oc1ncccn1)c1cccs1. The number of carbonyl (C=O) groups is 1. The number of thiophene rings is 1. The highest BCUT2D eigenvalue weighted by Gasteiger charge is 2.09. The van der Waals surface area contributed by atoms with Crippen molar-refractivity contribution in [1.82, 2.24) is 9.97 Å². The predicted molar refractivity (Wildman–Crippen MR) is 51.3 cm³/mol. The maximum Gasteiger partial charge on any atom is 0.356 e. The molecule has 0 bridgehead atoms. The number of aromatic nitrogens is 2. The molecule has 0 amide bonds. The monoisotopic (exact) mass is 206 g/mol. The molecule has 0 fully saturated rings. The van der Waals surface area contributed by atoms with Gasteiger partial charge in [-0.1, -0.05) is 6.07 Å². The molecule has 0 saturated heterocycles. The molecule has 0 unspecified atom stereocenters. The van der Waals surface area contributed by atoms with E-state index >= 15 is 0 Å². The summed E-state index contributed by atoms with van der Waals surface area (Å²) in [4.78, 5) is 19.5. The van der Waals surface area contributed by atoms with E-state index in [-0.39, 0.29) is 6.01 Å². The van der Waals surface area contributed by atoms with E-state index < -0.39 is 5.97 Å². The molecule has 5 heteroatoms. The fraction of sp³-hybridized carbons (Fsp3) is 0. The average Bonchev–Trinajstić information content (AvgIpc) is 2.72. The van der Waals surface area contributed by atoms with Gasteiger partial charge >= 0.3 is 12.0 Å². The molecule has 0 radical (unpaired) electrons. The molecule has 2 aromatic rings. The van der Waals surface area contributed by atoms with Gasteiger partial charge in [0.1, 0.15) is 4.88 Å². The van der Waals surface area contributed by atoms with Crippen molar-refractivity contribution in [2.45, 2.75) is 0 Å². The summed E-state index contributed by atoms with van der Waals surface area (Å²) in [6.45, 7) is 0. The summed E-state index contributed by atoms with van der Waals surface area (Å²) in [6, 6.07) is 5.21. The molecule has 70 valence electrons. The zero-order valence-electron chi connectivity index (χ0n) is 7.08. The van der Waals surface area contributed by atoms with Gasteiger partial charge in [0, 0.05) is 12.4 Å². The molecule has 0 aromatic carbocycles. The molecule has 0 N–H and O–H groups in total. The molecule has 0 saturated carbocycles. The Kier molecular flexibility index (Phi) is 2.51. The summed E-state index contributed by atoms with van der Waals surface area (Å²) >= 11 is 1.32. The summed E-state index contributed by atoms with van der Waals surface area (Å²) in [7, 11) is 0. The van der Waals surface area contributed by atoms with Gasteiger partial charge in [0.2, 0.25) is 0 Å². The smallest absolute Gasteiger partial charge is 0.356 e. The number of hydrogen-bond donors (Lipinski definition) is 0. The van der Waals surface area contributed by atoms with E-state index in [2.05, 4.69) is 9.97 Å². The molecule has 14 heavy (non-hydrogen) atoms. The van der Waals surface area contributed by atoms with Crippen LogP contribution >= 0.6 is 11.3 Å². The fourth-order valence-electron chi connectivity index (χ4n) is 0.866. The summed E-state index contributed by atoms with van der Waals surface area (Å²) < 4.78 is 4.91. The van der Waals surface area contributed by atoms with Gasteiger partial charge in [0.05, 0.1) is 0 Å². The van der Waals surface area contributed by atoms with E-state index in [4.69, 9.17) is 4.74 Å². The van der Waals surface area contributed by atoms with Crippen LogP contribution in [0.5, 0.6) is 6.01 Å². The Morgan fingerprint density at radius 1 is 1.29 bits per heavy atom. The first-order valence-corrected chi connectivity index (χ1v) is 4.77. The zero-order valence-corrected chi connectivity index (χ0v) is 7.90. The van der Waals surface area contributed by atoms with Crippen LogP contribution in [0, 0.1) is 0 Å². The van der Waals surface area contributed by atoms with Crippen LogP contribution in [-0.4, -0.2) is 15.9 Å². The van der Waals surface area contributed by atoms with Gasteiger partial charge in [-0.25, -0.2) is 14.8 Å². The Balaban J connectivity index is 2.10. The van der Waals surface area contributed by atoms with E-state index in [9.17, 15) is 4.79 Å². The second-order valence-corrected chi connectivity index (χ2v) is 3.35. The van der Waals surface area contributed by atoms with Crippen molar-refractivity contribution in [3.63, 3.8) is 0 Å². The fourth-order valence-corrected chi connectivity index (χ4v) is 1.46. The van der Waals surface area contributed by atoms with Crippen LogP contribution in [0.25, 0.3) is 0 Å². The van der Waals surface area contributed by atoms with Crippen LogP contribution in [-0.2, 0) is 0 Å². The minimum atomic E-state index is -0.425. The summed E-state index contributed by atoms with van der Waals surface area (Å²) in [5.41, 5.74) is 0. The molecule has 0 atom stereocenters. The van der Waals surface area contributed by atoms with Crippen molar-refractivity contribution < 1.29 is 9.53 Å². The number of esters is 1. The van der Waals surface area contributed by atoms with Gasteiger partial charge < -0.3 is 4.74 Å². The van der Waals surface area contributed by atoms with Gasteiger partial charge in [-0.3, -0.25) is 0 Å². The van der Waals surface area contributed by atoms with Gasteiger partial charge in [-0.05, 0) is 17.5 Å². The maximum absolute atomic E-state index is 11.4. The van der Waals surface area contributed by atoms with Crippen molar-refractivity contribution in [3.8, 4) is 6.01 Å². The summed E-state index contributed by atoms with van der Waals surface area (Å²) in [6.07, 6.45) is 3.04. The third kappa shape index (κ3) is 1.94. The van der Waals surface area contributed by atoms with Crippen molar-refractivity contribution in [1.29, 1.82) is 0 Å². The topological polar surface area (TPSA) is 52.1 Å². The molecule has 0 aliphatic heterocycles. The first-order chi connectivity index (χ1) is 6.86. The number of nitrogens with zero attached hydrogens (tertiary/aromatic N) is 2. The first-order valence-electron chi connectivity index (χ1n) is 3.89. The Hall–Kier alpha value is -1.75. The zero-order chi connectivity index (χ0) is 9.80. The van der Waals surface area contributed by atoms with Crippen molar-refractivity contribution in [2.75, 3.05) is 0 Å². The average molecular weight is 206 g/mol. The number of hydrogen-bond acceptors (Lipinski definition) is 5. The van der Waals surface area contributed by atoms with Crippen LogP contribution in [0.3, 0.4) is 0 Å². The van der Waals surface area contributed by atoms with Crippen LogP contribution in [0.1, 0.15) is 9.67 Å². The third-order valence-electron chi connectivity index (χ3n) is 1.45. The quantitative estimate of drug-likeness (QED) is 0.702. The van der Waals surface area contributed by atoms with Crippen LogP contribution in [0.4, 0.5) is 0 Å². The number of carbonyl (C=O) groups excluding carboxylic acids is 1. The van der Waals surface area contributed by atoms with Crippen molar-refractivity contribution in [2.24, 2.45) is 0 Å². The van der Waals surface area contributed by atoms with Gasteiger partial charge in [0.25, 0.3) is 0 Å². The van der Waals surface area contributed by atoms with Gasteiger partial charge in [-0.15, -0.1) is 11.3 Å². The predicted octanol–water partition coefficient (Wildman–Crippen LogP) is 1.76. The largest absolute Gasteiger partial charge is 0.386 e. The molecule has 0 aliphatic rings. The number of ether oxygens (including phenoxy) is 1. The maximum atomic E-state index is 11.4. The Bertz CT molecular complexity index is 414. The lowest BCUT2D eigenvalue weighted by atomic mass is 10.5. The summed E-state index contributed by atoms with van der Waals surface area (Å²) in [5.74, 6) is -0.425. The van der Waals surface area contributed by atoms with E-state index in [1.54, 1.807) is 18.2 Å². The molecular formula is C9H6N2O2S. The highest BCUT2D eigenvalue weighted by molar-refractivity contribution is 7.12. The highest BCUT2D eigenvalue weighted by atomic mass is 32.1. The Morgan fingerprint density at radius 3 is 2.71 bits per heavy atom. The lowest BCUT2D eigenvalue weighted by Gasteiger charge is -1.98. The van der Waals surface area contributed by atoms with Crippen LogP contribution < -0.4 is 4.74 Å². The molecule has 0 spiro atoms. The Morgan fingerprint density at radius 2 is 2.07 bits per heavy atom. The van der Waals surface area contributed by atoms with Crippen molar-refractivity contribution in [3.05, 3.63) is 40.8 Å². The van der Waals surface area contributed by atoms with E-state index in [0.29, 0.717) is 4.88 Å². The van der Waals surface area contributed by atoms with E-state index in [1.165, 1.54) is 23.7 Å². The van der Waals surface area contributed by atoms with Crippen LogP contribution in [0.2, 0.25) is 0 Å². The van der Waals surface area contributed by atoms with Gasteiger partial charge in [0.15, 0.2) is 0 Å². The van der Waals surface area contributed by atoms with Crippen molar-refractivity contribution >= 4 is 17.3 Å². The van der Waals surface area contributed by atoms with Gasteiger partial charge in [-0.2, -0.15) is 0 Å². The summed E-state index contributed by atoms with van der Waals surface area (Å²) in [5, 5.41) is 1.81. The minimum Gasteiger partial charge on any atom is -0.386 e. The highest BCUT2D eigenvalue weighted by Crippen LogP contribution is 2.11. The minimum absolute atomic E-state index is 0.0749. The van der Waals surface area contributed by atoms with E-state index in [1.807, 2.05) is 5.38 Å². The Labute approximate surface area is 84.2 Å². The lowest BCUT2D eigenvalue weighted by Crippen LogP contribution is -2.08. The molecule has 2 heterocycles. The second kappa shape index (κ2) is 3.97. The standard InChI is InChI=1S/C9H6N2O2S/c12-8(7-3-1-6-14-7)13-9-10-4-2-5-11-9/h1-6H. The molecule has 0 aliphatic carbocycles. The van der Waals surface area contributed by atoms with E-state index in [0.717, 1.165) is 0 Å². The van der Waals surface area contributed by atoms with Crippen LogP contribution in [0.15, 0.2) is 36.0 Å². The number of rotatable bonds is 2. The third-order valence-corrected chi connectivity index (χ3v) is 2.30. The normalized spacial score (nSPS) is 9.71.